The van der Waals surface area contributed by atoms with Gasteiger partial charge in [-0.1, -0.05) is 39.1 Å². The van der Waals surface area contributed by atoms with E-state index in [0.717, 1.165) is 133 Å². The van der Waals surface area contributed by atoms with Crippen molar-refractivity contribution in [2.45, 2.75) is 66.2 Å². The molecule has 15 nitrogen and oxygen atoms in total. The van der Waals surface area contributed by atoms with Crippen LogP contribution in [0.1, 0.15) is 66.2 Å². The summed E-state index contributed by atoms with van der Waals surface area (Å²) in [5, 5.41) is 13.8. The number of nitrogens with zero attached hydrogens (tertiary/aromatic N) is 6. The van der Waals surface area contributed by atoms with Gasteiger partial charge in [-0.25, -0.2) is 9.97 Å². The molecule has 0 bridgehead atoms. The number of aliphatic carboxylic acids is 1. The number of hydrogen-bond donors (Lipinski definition) is 5. The number of aromatic amines is 2. The number of rotatable bonds is 13. The first kappa shape index (κ1) is 53.2. The lowest BCUT2D eigenvalue weighted by Gasteiger charge is -2.28. The summed E-state index contributed by atoms with van der Waals surface area (Å²) in [7, 11) is 0. The molecule has 4 fully saturated rings. The number of halogens is 1. The highest BCUT2D eigenvalue weighted by Gasteiger charge is 2.19. The van der Waals surface area contributed by atoms with Crippen molar-refractivity contribution in [3.05, 3.63) is 85.2 Å². The summed E-state index contributed by atoms with van der Waals surface area (Å²) in [5.41, 5.74) is 13.8. The lowest BCUT2D eigenvalue weighted by molar-refractivity contribution is -0.137. The number of nitrogens with one attached hydrogen (secondary N) is 3. The van der Waals surface area contributed by atoms with Crippen LogP contribution in [0.15, 0.2) is 85.2 Å². The fourth-order valence-corrected chi connectivity index (χ4v) is 9.08. The molecule has 8 heterocycles. The Hall–Kier alpha value is -5.71. The number of aromatic nitrogens is 4. The molecule has 4 aliphatic heterocycles. The van der Waals surface area contributed by atoms with Gasteiger partial charge in [0, 0.05) is 108 Å². The Balaban J connectivity index is 0.000000208. The number of carbonyl (C=O) groups excluding carboxylic acids is 1. The molecular weight excluding hydrogens is 880 g/mol. The zero-order valence-corrected chi connectivity index (χ0v) is 38.7. The van der Waals surface area contributed by atoms with Crippen LogP contribution in [0, 0.1) is 0 Å². The number of H-pyrrole nitrogens is 2. The van der Waals surface area contributed by atoms with E-state index < -0.39 is 5.97 Å². The number of hydrogen-bond acceptors (Lipinski definition) is 11. The normalized spacial score (nSPS) is 16.1. The number of pyridine rings is 2. The van der Waals surface area contributed by atoms with Gasteiger partial charge in [0.2, 0.25) is 5.91 Å². The molecule has 0 spiro atoms. The van der Waals surface area contributed by atoms with Crippen molar-refractivity contribution in [1.29, 1.82) is 0 Å². The van der Waals surface area contributed by atoms with Gasteiger partial charge in [0.05, 0.1) is 37.8 Å². The number of benzene rings is 2. The minimum absolute atomic E-state index is 0. The van der Waals surface area contributed by atoms with Crippen molar-refractivity contribution in [1.82, 2.24) is 29.7 Å². The number of anilines is 4. The molecule has 4 aliphatic rings. The minimum atomic E-state index is -0.677. The number of carboxylic acid groups (broad SMARTS) is 1. The fraction of sp³-hybridized carbons (Fsp3) is 0.462. The number of amides is 1. The molecule has 2 aromatic carbocycles. The summed E-state index contributed by atoms with van der Waals surface area (Å²) in [6.07, 6.45) is 11.6. The summed E-state index contributed by atoms with van der Waals surface area (Å²) in [6.45, 7) is 12.8. The van der Waals surface area contributed by atoms with Crippen LogP contribution in [0.4, 0.5) is 23.0 Å². The van der Waals surface area contributed by atoms with Gasteiger partial charge >= 0.3 is 5.97 Å². The van der Waals surface area contributed by atoms with Crippen molar-refractivity contribution >= 4 is 69.1 Å². The maximum absolute atomic E-state index is 12.7. The first-order chi connectivity index (χ1) is 31.9. The van der Waals surface area contributed by atoms with Gasteiger partial charge in [0.25, 0.3) is 0 Å². The van der Waals surface area contributed by atoms with E-state index in [0.29, 0.717) is 26.1 Å². The number of carboxylic acids is 1. The van der Waals surface area contributed by atoms with Gasteiger partial charge in [-0.2, -0.15) is 0 Å². The number of morpholine rings is 2. The highest BCUT2D eigenvalue weighted by atomic mass is 35.5. The van der Waals surface area contributed by atoms with Crippen LogP contribution in [0.3, 0.4) is 0 Å². The first-order valence-corrected chi connectivity index (χ1v) is 23.4. The third kappa shape index (κ3) is 14.6. The maximum Gasteiger partial charge on any atom is 0.303 e. The quantitative estimate of drug-likeness (QED) is 0.0742. The lowest BCUT2D eigenvalue weighted by atomic mass is 10.1. The Labute approximate surface area is 408 Å². The van der Waals surface area contributed by atoms with E-state index in [1.165, 1.54) is 51.9 Å². The van der Waals surface area contributed by atoms with E-state index in [-0.39, 0.29) is 33.2 Å². The SMILES string of the molecule is C.C.Cl.Nc1cc(-c2cccc3[nH]ccc23)nc(N2CCOCC2)c1.O=C(CCCN1CCCC1)Nc1cc(-c2cccc3[nH]ccc23)nc(N2CCOCC2)c1.O=C(O)CCCN1CCCC1. The molecule has 0 atom stereocenters. The zero-order valence-electron chi connectivity index (χ0n) is 37.9. The number of nitrogen functional groups attached to an aromatic ring is 1. The standard InChI is InChI=1S/C25H31N5O2.C17H18N4O.C8H15NO2.2CH4.ClH/c31-25(7-4-12-29-10-1-2-11-29)27-19-17-23(20-5-3-6-22-21(20)8-9-26-22)28-24(18-19)30-13-15-32-16-14-30;18-12-10-16(13-2-1-3-15-14(13)4-5-19-15)20-17(11-12)21-6-8-22-9-7-21;10-8(11)4-3-7-9-5-1-2-6-9;;;/h3,5-6,8-9,17-18,26H,1-2,4,7,10-16H2,(H,27,28,31);1-5,10-11,19H,6-9H2,(H2,18,20);1-7H2,(H,10,11);2*1H4;1H. The Kier molecular flexibility index (Phi) is 20.9. The lowest BCUT2D eigenvalue weighted by Crippen LogP contribution is -2.36. The van der Waals surface area contributed by atoms with Crippen LogP contribution in [0.2, 0.25) is 0 Å². The van der Waals surface area contributed by atoms with E-state index in [1.54, 1.807) is 0 Å². The molecule has 4 saturated heterocycles. The average molecular weight is 954 g/mol. The van der Waals surface area contributed by atoms with Gasteiger partial charge in [-0.15, -0.1) is 12.4 Å². The summed E-state index contributed by atoms with van der Waals surface area (Å²) in [6, 6.07) is 24.4. The average Bonchev–Trinajstić information content (AvgIpc) is 4.19. The summed E-state index contributed by atoms with van der Waals surface area (Å²) < 4.78 is 10.9. The number of ether oxygens (including phenoxy) is 2. The van der Waals surface area contributed by atoms with Gasteiger partial charge < -0.3 is 55.2 Å². The molecule has 0 radical (unpaired) electrons. The number of carbonyl (C=O) groups is 2. The predicted octanol–water partition coefficient (Wildman–Crippen LogP) is 9.17. The van der Waals surface area contributed by atoms with Crippen molar-refractivity contribution in [2.75, 3.05) is 113 Å². The van der Waals surface area contributed by atoms with Crippen molar-refractivity contribution in [3.8, 4) is 22.5 Å². The Morgan fingerprint density at radius 1 is 0.632 bits per heavy atom. The molecule has 4 aromatic heterocycles. The van der Waals surface area contributed by atoms with Crippen LogP contribution < -0.4 is 20.9 Å². The molecule has 10 rings (SSSR count). The summed E-state index contributed by atoms with van der Waals surface area (Å²) in [4.78, 5) is 48.4. The molecule has 368 valence electrons. The smallest absolute Gasteiger partial charge is 0.303 e. The summed E-state index contributed by atoms with van der Waals surface area (Å²) in [5.74, 6) is 1.19. The van der Waals surface area contributed by atoms with Crippen molar-refractivity contribution < 1.29 is 24.2 Å². The molecule has 6 aromatic rings. The van der Waals surface area contributed by atoms with Crippen LogP contribution >= 0.6 is 12.4 Å². The van der Waals surface area contributed by atoms with E-state index in [2.05, 4.69) is 71.3 Å². The van der Waals surface area contributed by atoms with Crippen LogP contribution in [-0.2, 0) is 19.1 Å². The van der Waals surface area contributed by atoms with Crippen molar-refractivity contribution in [2.24, 2.45) is 0 Å². The molecule has 16 heteroatoms. The largest absolute Gasteiger partial charge is 0.481 e. The monoisotopic (exact) mass is 953 g/mol. The van der Waals surface area contributed by atoms with Gasteiger partial charge in [-0.3, -0.25) is 9.59 Å². The maximum atomic E-state index is 12.7. The second-order valence-electron chi connectivity index (χ2n) is 17.2. The predicted molar refractivity (Wildman–Crippen MR) is 280 cm³/mol. The first-order valence-electron chi connectivity index (χ1n) is 23.4. The van der Waals surface area contributed by atoms with Gasteiger partial charge in [-0.05, 0) is 114 Å². The number of fused-ring (bicyclic) bond motifs is 2. The minimum Gasteiger partial charge on any atom is -0.481 e. The van der Waals surface area contributed by atoms with Gasteiger partial charge in [0.1, 0.15) is 11.6 Å². The molecule has 0 aliphatic carbocycles. The molecule has 6 N–H and O–H groups in total. The van der Waals surface area contributed by atoms with Crippen LogP contribution in [0.25, 0.3) is 44.3 Å². The zero-order chi connectivity index (χ0) is 44.8. The Bertz CT molecular complexity index is 2470. The van der Waals surface area contributed by atoms with E-state index in [1.807, 2.05) is 48.8 Å². The molecule has 0 saturated carbocycles. The molecule has 0 unspecified atom stereocenters. The highest BCUT2D eigenvalue weighted by molar-refractivity contribution is 5.97. The molecule has 68 heavy (non-hydrogen) atoms. The van der Waals surface area contributed by atoms with Crippen molar-refractivity contribution in [3.63, 3.8) is 0 Å². The molecule has 1 amide bonds. The number of nitrogens with two attached hydrogens (primary N) is 1. The topological polar surface area (TPSA) is 181 Å². The van der Waals surface area contributed by atoms with E-state index >= 15 is 0 Å². The Morgan fingerprint density at radius 2 is 1.10 bits per heavy atom. The summed E-state index contributed by atoms with van der Waals surface area (Å²) >= 11 is 0. The van der Waals surface area contributed by atoms with Gasteiger partial charge in [0.15, 0.2) is 0 Å². The second-order valence-corrected chi connectivity index (χ2v) is 17.2. The third-order valence-corrected chi connectivity index (χ3v) is 12.5. The van der Waals surface area contributed by atoms with Crippen LogP contribution in [-0.4, -0.2) is 139 Å². The Morgan fingerprint density at radius 3 is 1.60 bits per heavy atom. The fourth-order valence-electron chi connectivity index (χ4n) is 9.08. The highest BCUT2D eigenvalue weighted by Crippen LogP contribution is 2.32. The molecular formula is C52H73ClN10O5. The van der Waals surface area contributed by atoms with E-state index in [4.69, 9.17) is 30.3 Å². The second kappa shape index (κ2) is 26.7. The van der Waals surface area contributed by atoms with E-state index in [9.17, 15) is 9.59 Å². The number of likely N-dealkylation sites (tertiary alicyclic amines) is 2. The van der Waals surface area contributed by atoms with Crippen LogP contribution in [0.5, 0.6) is 0 Å². The third-order valence-electron chi connectivity index (χ3n) is 12.5.